The third-order valence-electron chi connectivity index (χ3n) is 7.30. The van der Waals surface area contributed by atoms with Gasteiger partial charge in [-0.05, 0) is 36.8 Å². The summed E-state index contributed by atoms with van der Waals surface area (Å²) in [5.74, 6) is 2.57. The molecule has 4 heterocycles. The second-order valence-corrected chi connectivity index (χ2v) is 9.33. The molecular weight excluding hydrogens is 374 g/mol. The average molecular weight is 400 g/mol. The summed E-state index contributed by atoms with van der Waals surface area (Å²) in [4.78, 5) is 6.87. The monoisotopic (exact) mass is 399 g/mol. The molecule has 2 saturated carbocycles. The lowest BCUT2D eigenvalue weighted by Gasteiger charge is -2.35. The van der Waals surface area contributed by atoms with Crippen molar-refractivity contribution in [1.29, 1.82) is 0 Å². The first-order chi connectivity index (χ1) is 13.7. The molecule has 0 radical (unpaired) electrons. The maximum Gasteiger partial charge on any atom is 0.142 e. The lowest BCUT2D eigenvalue weighted by molar-refractivity contribution is -0.0610. The van der Waals surface area contributed by atoms with Crippen molar-refractivity contribution in [3.8, 4) is 11.3 Å². The Morgan fingerprint density at radius 2 is 1.82 bits per heavy atom. The molecule has 2 aromatic rings. The fraction of sp³-hybridized carbons (Fsp3) is 0.619. The molecule has 6 rings (SSSR count). The molecular formula is C21H26ClN5O. The van der Waals surface area contributed by atoms with Crippen molar-refractivity contribution in [3.05, 3.63) is 29.0 Å². The normalized spacial score (nSPS) is 30.5. The summed E-state index contributed by atoms with van der Waals surface area (Å²) in [5.41, 5.74) is 9.15. The van der Waals surface area contributed by atoms with E-state index < -0.39 is 0 Å². The zero-order chi connectivity index (χ0) is 18.8. The number of halogens is 1. The zero-order valence-electron chi connectivity index (χ0n) is 15.9. The summed E-state index contributed by atoms with van der Waals surface area (Å²) in [6.07, 6.45) is 6.88. The van der Waals surface area contributed by atoms with Crippen LogP contribution in [0.3, 0.4) is 0 Å². The van der Waals surface area contributed by atoms with Gasteiger partial charge in [-0.2, -0.15) is 5.10 Å². The first kappa shape index (κ1) is 17.2. The average Bonchev–Trinajstić information content (AvgIpc) is 3.15. The predicted octanol–water partition coefficient (Wildman–Crippen LogP) is 3.34. The highest BCUT2D eigenvalue weighted by molar-refractivity contribution is 6.33. The fourth-order valence-corrected chi connectivity index (χ4v) is 5.73. The Kier molecular flexibility index (Phi) is 3.97. The van der Waals surface area contributed by atoms with E-state index in [9.17, 15) is 0 Å². The van der Waals surface area contributed by atoms with Gasteiger partial charge in [0.05, 0.1) is 36.0 Å². The van der Waals surface area contributed by atoms with Crippen LogP contribution in [0.15, 0.2) is 18.3 Å². The molecule has 2 aliphatic heterocycles. The third-order valence-corrected chi connectivity index (χ3v) is 7.60. The fourth-order valence-electron chi connectivity index (χ4n) is 5.56. The zero-order valence-corrected chi connectivity index (χ0v) is 16.7. The molecule has 148 valence electrons. The first-order valence-electron chi connectivity index (χ1n) is 10.5. The van der Waals surface area contributed by atoms with Crippen LogP contribution in [0.4, 0.5) is 5.82 Å². The van der Waals surface area contributed by atoms with Crippen molar-refractivity contribution in [2.45, 2.75) is 43.7 Å². The number of pyridine rings is 1. The molecule has 0 aromatic carbocycles. The Balaban J connectivity index is 1.30. The molecule has 2 N–H and O–H groups in total. The van der Waals surface area contributed by atoms with E-state index in [4.69, 9.17) is 27.2 Å². The van der Waals surface area contributed by atoms with Crippen LogP contribution < -0.4 is 5.73 Å². The van der Waals surface area contributed by atoms with Gasteiger partial charge >= 0.3 is 0 Å². The van der Waals surface area contributed by atoms with Gasteiger partial charge in [-0.15, -0.1) is 0 Å². The van der Waals surface area contributed by atoms with Crippen LogP contribution in [0.2, 0.25) is 5.02 Å². The lowest BCUT2D eigenvalue weighted by Crippen LogP contribution is -2.48. The summed E-state index contributed by atoms with van der Waals surface area (Å²) >= 11 is 6.22. The highest BCUT2D eigenvalue weighted by atomic mass is 35.5. The van der Waals surface area contributed by atoms with Crippen molar-refractivity contribution in [2.75, 3.05) is 32.0 Å². The first-order valence-corrected chi connectivity index (χ1v) is 10.9. The van der Waals surface area contributed by atoms with Gasteiger partial charge in [0.15, 0.2) is 0 Å². The molecule has 2 aliphatic carbocycles. The largest absolute Gasteiger partial charge is 0.382 e. The molecule has 7 heteroatoms. The molecule has 4 fully saturated rings. The minimum absolute atomic E-state index is 0.373. The molecule has 28 heavy (non-hydrogen) atoms. The predicted molar refractivity (Wildman–Crippen MR) is 108 cm³/mol. The minimum atomic E-state index is 0.373. The molecule has 2 aromatic heterocycles. The van der Waals surface area contributed by atoms with Crippen molar-refractivity contribution in [1.82, 2.24) is 19.7 Å². The van der Waals surface area contributed by atoms with Gasteiger partial charge in [-0.25, -0.2) is 4.98 Å². The van der Waals surface area contributed by atoms with Crippen LogP contribution in [0.25, 0.3) is 11.3 Å². The molecule has 0 bridgehead atoms. The molecule has 3 atom stereocenters. The van der Waals surface area contributed by atoms with Crippen molar-refractivity contribution >= 4 is 17.4 Å². The van der Waals surface area contributed by atoms with Crippen LogP contribution >= 0.6 is 11.6 Å². The van der Waals surface area contributed by atoms with Gasteiger partial charge in [0.1, 0.15) is 5.82 Å². The number of fused-ring (bicyclic) bond motifs is 1. The molecule has 2 saturated heterocycles. The Morgan fingerprint density at radius 3 is 2.46 bits per heavy atom. The number of likely N-dealkylation sites (tertiary alicyclic amines) is 1. The second kappa shape index (κ2) is 6.44. The Labute approximate surface area is 170 Å². The number of ether oxygens (including phenoxy) is 1. The Morgan fingerprint density at radius 1 is 1.07 bits per heavy atom. The molecule has 0 unspecified atom stereocenters. The number of rotatable bonds is 4. The highest BCUT2D eigenvalue weighted by Crippen LogP contribution is 2.59. The highest BCUT2D eigenvalue weighted by Gasteiger charge is 2.59. The molecule has 0 amide bonds. The standard InChI is InChI=1S/C21H26ClN5O/c22-17-5-12(7-24-21(17)23)18-6-19(27(25-18)13-3-1-2-4-13)20-15-8-26(9-16(15)20)14-10-28-11-14/h5-7,13-16,20H,1-4,8-11H2,(H2,23,24)/t15-,16+,20-. The summed E-state index contributed by atoms with van der Waals surface area (Å²) in [6, 6.07) is 5.38. The van der Waals surface area contributed by atoms with E-state index in [1.54, 1.807) is 6.20 Å². The number of nitrogens with two attached hydrogens (primary N) is 1. The molecule has 0 spiro atoms. The van der Waals surface area contributed by atoms with E-state index >= 15 is 0 Å². The summed E-state index contributed by atoms with van der Waals surface area (Å²) < 4.78 is 7.74. The van der Waals surface area contributed by atoms with Gasteiger partial charge < -0.3 is 10.5 Å². The summed E-state index contributed by atoms with van der Waals surface area (Å²) in [7, 11) is 0. The summed E-state index contributed by atoms with van der Waals surface area (Å²) in [5, 5.41) is 5.54. The van der Waals surface area contributed by atoms with Gasteiger partial charge in [-0.3, -0.25) is 9.58 Å². The SMILES string of the molecule is Nc1ncc(-c2cc([C@@H]3[C@@H]4CN(C5COC5)C[C@@H]43)n(C3CCCC3)n2)cc1Cl. The second-order valence-electron chi connectivity index (χ2n) is 8.93. The van der Waals surface area contributed by atoms with Crippen molar-refractivity contribution < 1.29 is 4.74 Å². The minimum Gasteiger partial charge on any atom is -0.382 e. The quantitative estimate of drug-likeness (QED) is 0.853. The number of hydrogen-bond acceptors (Lipinski definition) is 5. The van der Waals surface area contributed by atoms with Gasteiger partial charge in [0, 0.05) is 36.5 Å². The maximum atomic E-state index is 6.22. The maximum absolute atomic E-state index is 6.22. The van der Waals surface area contributed by atoms with Gasteiger partial charge in [0.25, 0.3) is 0 Å². The smallest absolute Gasteiger partial charge is 0.142 e. The van der Waals surface area contributed by atoms with E-state index in [0.29, 0.717) is 28.8 Å². The molecule has 6 nitrogen and oxygen atoms in total. The lowest BCUT2D eigenvalue weighted by atomic mass is 10.1. The number of anilines is 1. The van der Waals surface area contributed by atoms with E-state index in [-0.39, 0.29) is 0 Å². The number of aromatic nitrogens is 3. The number of hydrogen-bond donors (Lipinski definition) is 1. The van der Waals surface area contributed by atoms with E-state index in [1.165, 1.54) is 44.5 Å². The van der Waals surface area contributed by atoms with Crippen LogP contribution in [0, 0.1) is 11.8 Å². The summed E-state index contributed by atoms with van der Waals surface area (Å²) in [6.45, 7) is 4.26. The van der Waals surface area contributed by atoms with Crippen molar-refractivity contribution in [2.24, 2.45) is 11.8 Å². The number of piperidine rings is 1. The van der Waals surface area contributed by atoms with Crippen molar-refractivity contribution in [3.63, 3.8) is 0 Å². The van der Waals surface area contributed by atoms with Crippen LogP contribution in [0.5, 0.6) is 0 Å². The van der Waals surface area contributed by atoms with Crippen LogP contribution in [-0.2, 0) is 4.74 Å². The molecule has 4 aliphatic rings. The Bertz CT molecular complexity index is 892. The van der Waals surface area contributed by atoms with Crippen LogP contribution in [-0.4, -0.2) is 52.0 Å². The van der Waals surface area contributed by atoms with E-state index in [2.05, 4.69) is 20.6 Å². The van der Waals surface area contributed by atoms with E-state index in [0.717, 1.165) is 36.3 Å². The Hall–Kier alpha value is -1.63. The van der Waals surface area contributed by atoms with Gasteiger partial charge in [0.2, 0.25) is 0 Å². The van der Waals surface area contributed by atoms with Gasteiger partial charge in [-0.1, -0.05) is 24.4 Å². The topological polar surface area (TPSA) is 69.2 Å². The number of nitrogen functional groups attached to an aromatic ring is 1. The third kappa shape index (κ3) is 2.69. The number of nitrogens with zero attached hydrogens (tertiary/aromatic N) is 4. The van der Waals surface area contributed by atoms with Crippen LogP contribution in [0.1, 0.15) is 43.3 Å². The van der Waals surface area contributed by atoms with E-state index in [1.807, 2.05) is 6.07 Å².